The lowest BCUT2D eigenvalue weighted by Crippen LogP contribution is -2.21. The van der Waals surface area contributed by atoms with Crippen molar-refractivity contribution in [3.63, 3.8) is 0 Å². The van der Waals surface area contributed by atoms with Crippen molar-refractivity contribution in [2.75, 3.05) is 19.0 Å². The maximum absolute atomic E-state index is 11.7. The molecule has 0 saturated carbocycles. The molecule has 2 aromatic rings. The molecule has 0 bridgehead atoms. The van der Waals surface area contributed by atoms with E-state index in [4.69, 9.17) is 4.74 Å². The lowest BCUT2D eigenvalue weighted by atomic mass is 10.3. The van der Waals surface area contributed by atoms with Gasteiger partial charge < -0.3 is 14.5 Å². The van der Waals surface area contributed by atoms with E-state index in [9.17, 15) is 14.4 Å². The fourth-order valence-electron chi connectivity index (χ4n) is 1.49. The number of hydrogen-bond acceptors (Lipinski definition) is 7. The second kappa shape index (κ2) is 7.36. The SMILES string of the molecule is COC(=O)Cc1csc(NC(=O)COC(=O)c2ccc[nH]2)n1. The van der Waals surface area contributed by atoms with Crippen LogP contribution >= 0.6 is 11.3 Å². The van der Waals surface area contributed by atoms with Gasteiger partial charge in [-0.25, -0.2) is 9.78 Å². The van der Waals surface area contributed by atoms with Crippen molar-refractivity contribution in [2.24, 2.45) is 0 Å². The molecule has 8 nitrogen and oxygen atoms in total. The Balaban J connectivity index is 1.79. The van der Waals surface area contributed by atoms with E-state index in [0.29, 0.717) is 10.8 Å². The number of amides is 1. The van der Waals surface area contributed by atoms with Gasteiger partial charge in [0.05, 0.1) is 19.2 Å². The highest BCUT2D eigenvalue weighted by Crippen LogP contribution is 2.16. The first-order valence-corrected chi connectivity index (χ1v) is 7.08. The lowest BCUT2D eigenvalue weighted by Gasteiger charge is -2.03. The summed E-state index contributed by atoms with van der Waals surface area (Å²) in [5.74, 6) is -1.55. The van der Waals surface area contributed by atoms with Crippen molar-refractivity contribution in [1.82, 2.24) is 9.97 Å². The minimum absolute atomic E-state index is 0.0324. The third-order valence-electron chi connectivity index (χ3n) is 2.50. The minimum Gasteiger partial charge on any atom is -0.469 e. The molecule has 2 heterocycles. The average Bonchev–Trinajstić information content (AvgIpc) is 3.16. The summed E-state index contributed by atoms with van der Waals surface area (Å²) in [6.45, 7) is -0.427. The van der Waals surface area contributed by atoms with E-state index in [1.807, 2.05) is 0 Å². The molecule has 0 aliphatic heterocycles. The van der Waals surface area contributed by atoms with Crippen molar-refractivity contribution in [2.45, 2.75) is 6.42 Å². The number of anilines is 1. The molecule has 0 atom stereocenters. The van der Waals surface area contributed by atoms with Crippen LogP contribution in [0.3, 0.4) is 0 Å². The number of carbonyl (C=O) groups excluding carboxylic acids is 3. The number of methoxy groups -OCH3 is 1. The van der Waals surface area contributed by atoms with Gasteiger partial charge >= 0.3 is 11.9 Å². The van der Waals surface area contributed by atoms with Gasteiger partial charge in [-0.2, -0.15) is 0 Å². The Hall–Kier alpha value is -2.68. The fraction of sp³-hybridized carbons (Fsp3) is 0.231. The van der Waals surface area contributed by atoms with E-state index in [2.05, 4.69) is 20.0 Å². The number of esters is 2. The van der Waals surface area contributed by atoms with Crippen LogP contribution in [-0.4, -0.2) is 41.5 Å². The molecule has 22 heavy (non-hydrogen) atoms. The van der Waals surface area contributed by atoms with Gasteiger partial charge in [-0.3, -0.25) is 14.9 Å². The number of nitrogens with one attached hydrogen (secondary N) is 2. The number of rotatable bonds is 6. The van der Waals surface area contributed by atoms with Gasteiger partial charge in [-0.05, 0) is 12.1 Å². The topological polar surface area (TPSA) is 110 Å². The summed E-state index contributed by atoms with van der Waals surface area (Å²) in [6.07, 6.45) is 1.61. The summed E-state index contributed by atoms with van der Waals surface area (Å²) in [5.41, 5.74) is 0.762. The summed E-state index contributed by atoms with van der Waals surface area (Å²) in [7, 11) is 1.29. The molecule has 0 saturated heterocycles. The monoisotopic (exact) mass is 323 g/mol. The molecule has 0 spiro atoms. The van der Waals surface area contributed by atoms with E-state index in [1.165, 1.54) is 7.11 Å². The van der Waals surface area contributed by atoms with E-state index in [-0.39, 0.29) is 12.1 Å². The maximum atomic E-state index is 11.7. The van der Waals surface area contributed by atoms with Gasteiger partial charge in [-0.15, -0.1) is 11.3 Å². The highest BCUT2D eigenvalue weighted by Gasteiger charge is 2.13. The first-order chi connectivity index (χ1) is 10.6. The quantitative estimate of drug-likeness (QED) is 0.767. The normalized spacial score (nSPS) is 10.0. The zero-order chi connectivity index (χ0) is 15.9. The number of nitrogens with zero attached hydrogens (tertiary/aromatic N) is 1. The van der Waals surface area contributed by atoms with E-state index in [0.717, 1.165) is 11.3 Å². The van der Waals surface area contributed by atoms with Crippen LogP contribution in [0.4, 0.5) is 5.13 Å². The third kappa shape index (κ3) is 4.42. The largest absolute Gasteiger partial charge is 0.469 e. The molecule has 0 aliphatic rings. The van der Waals surface area contributed by atoms with Crippen LogP contribution in [0, 0.1) is 0 Å². The number of ether oxygens (including phenoxy) is 2. The van der Waals surface area contributed by atoms with Crippen molar-refractivity contribution in [3.05, 3.63) is 35.1 Å². The zero-order valence-corrected chi connectivity index (χ0v) is 12.4. The first-order valence-electron chi connectivity index (χ1n) is 6.20. The molecule has 0 radical (unpaired) electrons. The summed E-state index contributed by atoms with van der Waals surface area (Å²) < 4.78 is 9.35. The van der Waals surface area contributed by atoms with Gasteiger partial charge in [0.15, 0.2) is 11.7 Å². The summed E-state index contributed by atoms with van der Waals surface area (Å²) in [4.78, 5) is 41.0. The molecule has 0 aliphatic carbocycles. The molecule has 9 heteroatoms. The number of carbonyl (C=O) groups is 3. The third-order valence-corrected chi connectivity index (χ3v) is 3.31. The number of aromatic amines is 1. The fourth-order valence-corrected chi connectivity index (χ4v) is 2.21. The number of aromatic nitrogens is 2. The molecule has 0 unspecified atom stereocenters. The van der Waals surface area contributed by atoms with Gasteiger partial charge in [0, 0.05) is 11.6 Å². The predicted molar refractivity (Wildman–Crippen MR) is 77.5 cm³/mol. The molecule has 2 N–H and O–H groups in total. The molecule has 116 valence electrons. The van der Waals surface area contributed by atoms with Crippen LogP contribution in [0.2, 0.25) is 0 Å². The maximum Gasteiger partial charge on any atom is 0.355 e. The number of hydrogen-bond donors (Lipinski definition) is 2. The Morgan fingerprint density at radius 2 is 2.23 bits per heavy atom. The second-order valence-corrected chi connectivity index (χ2v) is 4.96. The highest BCUT2D eigenvalue weighted by molar-refractivity contribution is 7.13. The van der Waals surface area contributed by atoms with Crippen LogP contribution < -0.4 is 5.32 Å². The van der Waals surface area contributed by atoms with E-state index in [1.54, 1.807) is 23.7 Å². The van der Waals surface area contributed by atoms with Crippen molar-refractivity contribution in [3.8, 4) is 0 Å². The molecule has 2 rings (SSSR count). The first kappa shape index (κ1) is 15.7. The van der Waals surface area contributed by atoms with Gasteiger partial charge in [0.1, 0.15) is 5.69 Å². The van der Waals surface area contributed by atoms with Crippen LogP contribution in [-0.2, 0) is 25.5 Å². The molecule has 2 aromatic heterocycles. The van der Waals surface area contributed by atoms with Crippen LogP contribution in [0.25, 0.3) is 0 Å². The Labute approximate surface area is 129 Å². The van der Waals surface area contributed by atoms with Crippen molar-refractivity contribution >= 4 is 34.3 Å². The Bertz CT molecular complexity index is 665. The smallest absolute Gasteiger partial charge is 0.355 e. The minimum atomic E-state index is -0.620. The Morgan fingerprint density at radius 3 is 2.91 bits per heavy atom. The molecular weight excluding hydrogens is 310 g/mol. The Morgan fingerprint density at radius 1 is 1.41 bits per heavy atom. The molecule has 0 aromatic carbocycles. The van der Waals surface area contributed by atoms with Crippen LogP contribution in [0.15, 0.2) is 23.7 Å². The highest BCUT2D eigenvalue weighted by atomic mass is 32.1. The molecule has 0 fully saturated rings. The zero-order valence-electron chi connectivity index (χ0n) is 11.6. The summed E-state index contributed by atoms with van der Waals surface area (Å²) >= 11 is 1.16. The van der Waals surface area contributed by atoms with Gasteiger partial charge in [-0.1, -0.05) is 0 Å². The van der Waals surface area contributed by atoms with Crippen LogP contribution in [0.1, 0.15) is 16.2 Å². The average molecular weight is 323 g/mol. The number of thiazole rings is 1. The summed E-state index contributed by atoms with van der Waals surface area (Å²) in [5, 5.41) is 4.44. The van der Waals surface area contributed by atoms with Crippen molar-refractivity contribution in [1.29, 1.82) is 0 Å². The Kier molecular flexibility index (Phi) is 5.26. The predicted octanol–water partition coefficient (Wildman–Crippen LogP) is 0.982. The van der Waals surface area contributed by atoms with Crippen molar-refractivity contribution < 1.29 is 23.9 Å². The molecular formula is C13H13N3O5S. The standard InChI is InChI=1S/C13H13N3O5S/c1-20-11(18)5-8-7-22-13(15-8)16-10(17)6-21-12(19)9-3-2-4-14-9/h2-4,7,14H,5-6H2,1H3,(H,15,16,17). The second-order valence-electron chi connectivity index (χ2n) is 4.11. The van der Waals surface area contributed by atoms with Gasteiger partial charge in [0.25, 0.3) is 5.91 Å². The summed E-state index contributed by atoms with van der Waals surface area (Å²) in [6, 6.07) is 3.19. The van der Waals surface area contributed by atoms with E-state index >= 15 is 0 Å². The number of H-pyrrole nitrogens is 1. The van der Waals surface area contributed by atoms with Gasteiger partial charge in [0.2, 0.25) is 0 Å². The molecule has 1 amide bonds. The van der Waals surface area contributed by atoms with Crippen LogP contribution in [0.5, 0.6) is 0 Å². The van der Waals surface area contributed by atoms with E-state index < -0.39 is 24.5 Å². The lowest BCUT2D eigenvalue weighted by molar-refractivity contribution is -0.139.